The maximum atomic E-state index is 12.0. The Bertz CT molecular complexity index is 599. The van der Waals surface area contributed by atoms with Gasteiger partial charge in [-0.2, -0.15) is 0 Å². The van der Waals surface area contributed by atoms with Crippen molar-refractivity contribution in [2.24, 2.45) is 11.7 Å². The van der Waals surface area contributed by atoms with Crippen LogP contribution in [0.4, 0.5) is 5.69 Å². The Morgan fingerprint density at radius 3 is 2.72 bits per heavy atom. The molecule has 2 amide bonds. The lowest BCUT2D eigenvalue weighted by Gasteiger charge is -2.15. The molecule has 8 heteroatoms. The molecule has 0 aromatic heterocycles. The molecule has 0 spiro atoms. The van der Waals surface area contributed by atoms with Crippen molar-refractivity contribution in [3.05, 3.63) is 23.2 Å². The van der Waals surface area contributed by atoms with Crippen molar-refractivity contribution >= 4 is 41.5 Å². The van der Waals surface area contributed by atoms with Crippen LogP contribution in [-0.4, -0.2) is 31.5 Å². The number of nitrogens with two attached hydrogens (primary N) is 1. The van der Waals surface area contributed by atoms with E-state index in [0.717, 1.165) is 19.3 Å². The third-order valence-corrected chi connectivity index (χ3v) is 4.51. The average Bonchev–Trinajstić information content (AvgIpc) is 2.92. The number of methoxy groups -OCH3 is 1. The standard InChI is InChI=1S/C17H24ClN3O3.ClH/c1-24-15-6-5-12(18)10-14(15)21-16(22)7-8-20-17(23)9-11-3-2-4-13(11)19;/h5-6,10-11,13H,2-4,7-9,19H2,1H3,(H,20,23)(H,21,22);1H/t11-,13+;/m0./s1. The molecule has 1 fully saturated rings. The highest BCUT2D eigenvalue weighted by Crippen LogP contribution is 2.28. The summed E-state index contributed by atoms with van der Waals surface area (Å²) < 4.78 is 5.17. The molecule has 1 aliphatic carbocycles. The van der Waals surface area contributed by atoms with Gasteiger partial charge in [-0.1, -0.05) is 18.0 Å². The molecule has 25 heavy (non-hydrogen) atoms. The van der Waals surface area contributed by atoms with E-state index in [2.05, 4.69) is 10.6 Å². The quantitative estimate of drug-likeness (QED) is 0.668. The number of hydrogen-bond donors (Lipinski definition) is 3. The van der Waals surface area contributed by atoms with Gasteiger partial charge in [0.1, 0.15) is 5.75 Å². The number of carbonyl (C=O) groups is 2. The summed E-state index contributed by atoms with van der Waals surface area (Å²) in [5, 5.41) is 6.02. The van der Waals surface area contributed by atoms with Gasteiger partial charge in [0.15, 0.2) is 0 Å². The number of hydrogen-bond acceptors (Lipinski definition) is 4. The predicted molar refractivity (Wildman–Crippen MR) is 101 cm³/mol. The molecule has 1 aromatic carbocycles. The molecule has 0 unspecified atom stereocenters. The smallest absolute Gasteiger partial charge is 0.226 e. The van der Waals surface area contributed by atoms with Gasteiger partial charge in [-0.3, -0.25) is 9.59 Å². The van der Waals surface area contributed by atoms with Gasteiger partial charge < -0.3 is 21.1 Å². The molecule has 4 N–H and O–H groups in total. The molecular formula is C17H25Cl2N3O3. The molecule has 0 saturated heterocycles. The van der Waals surface area contributed by atoms with E-state index < -0.39 is 0 Å². The van der Waals surface area contributed by atoms with Crippen LogP contribution in [0.3, 0.4) is 0 Å². The lowest BCUT2D eigenvalue weighted by molar-refractivity contribution is -0.122. The Morgan fingerprint density at radius 2 is 2.08 bits per heavy atom. The van der Waals surface area contributed by atoms with Gasteiger partial charge in [0, 0.05) is 30.5 Å². The molecule has 0 heterocycles. The lowest BCUT2D eigenvalue weighted by atomic mass is 10.00. The number of benzene rings is 1. The van der Waals surface area contributed by atoms with E-state index in [1.54, 1.807) is 18.2 Å². The minimum atomic E-state index is -0.214. The van der Waals surface area contributed by atoms with Crippen LogP contribution in [-0.2, 0) is 9.59 Å². The number of halogens is 2. The van der Waals surface area contributed by atoms with E-state index in [-0.39, 0.29) is 49.1 Å². The molecule has 6 nitrogen and oxygen atoms in total. The second-order valence-corrected chi connectivity index (χ2v) is 6.49. The van der Waals surface area contributed by atoms with Crippen LogP contribution in [0.5, 0.6) is 5.75 Å². The minimum Gasteiger partial charge on any atom is -0.495 e. The first-order chi connectivity index (χ1) is 11.5. The van der Waals surface area contributed by atoms with Crippen molar-refractivity contribution in [3.8, 4) is 5.75 Å². The van der Waals surface area contributed by atoms with Gasteiger partial charge in [-0.25, -0.2) is 0 Å². The average molecular weight is 390 g/mol. The summed E-state index contributed by atoms with van der Waals surface area (Å²) in [4.78, 5) is 23.9. The first-order valence-corrected chi connectivity index (χ1v) is 8.53. The molecular weight excluding hydrogens is 365 g/mol. The number of nitrogens with one attached hydrogen (secondary N) is 2. The molecule has 0 radical (unpaired) electrons. The first kappa shape index (κ1) is 21.5. The van der Waals surface area contributed by atoms with Gasteiger partial charge in [-0.15, -0.1) is 12.4 Å². The Morgan fingerprint density at radius 1 is 1.32 bits per heavy atom. The third kappa shape index (κ3) is 6.72. The summed E-state index contributed by atoms with van der Waals surface area (Å²) >= 11 is 5.92. The highest BCUT2D eigenvalue weighted by molar-refractivity contribution is 6.31. The second kappa shape index (κ2) is 10.5. The summed E-state index contributed by atoms with van der Waals surface area (Å²) in [5.74, 6) is 0.528. The van der Waals surface area contributed by atoms with E-state index in [1.165, 1.54) is 7.11 Å². The van der Waals surface area contributed by atoms with Crippen molar-refractivity contribution in [2.45, 2.75) is 38.1 Å². The van der Waals surface area contributed by atoms with Crippen molar-refractivity contribution in [3.63, 3.8) is 0 Å². The third-order valence-electron chi connectivity index (χ3n) is 4.28. The molecule has 2 atom stereocenters. The molecule has 1 aromatic rings. The number of anilines is 1. The van der Waals surface area contributed by atoms with E-state index in [4.69, 9.17) is 22.1 Å². The number of carbonyl (C=O) groups excluding carboxylic acids is 2. The van der Waals surface area contributed by atoms with Gasteiger partial charge in [-0.05, 0) is 37.0 Å². The van der Waals surface area contributed by atoms with Crippen molar-refractivity contribution in [1.82, 2.24) is 5.32 Å². The van der Waals surface area contributed by atoms with Gasteiger partial charge >= 0.3 is 0 Å². The van der Waals surface area contributed by atoms with Crippen LogP contribution in [0.1, 0.15) is 32.1 Å². The number of amides is 2. The topological polar surface area (TPSA) is 93.5 Å². The molecule has 2 rings (SSSR count). The fraction of sp³-hybridized carbons (Fsp3) is 0.529. The Labute approximate surface area is 159 Å². The van der Waals surface area contributed by atoms with Gasteiger partial charge in [0.2, 0.25) is 11.8 Å². The van der Waals surface area contributed by atoms with Gasteiger partial charge in [0.25, 0.3) is 0 Å². The van der Waals surface area contributed by atoms with Crippen LogP contribution in [0.2, 0.25) is 5.02 Å². The lowest BCUT2D eigenvalue weighted by Crippen LogP contribution is -2.33. The summed E-state index contributed by atoms with van der Waals surface area (Å²) in [6.07, 6.45) is 3.69. The fourth-order valence-electron chi connectivity index (χ4n) is 2.94. The Hall–Kier alpha value is -1.50. The highest BCUT2D eigenvalue weighted by Gasteiger charge is 2.25. The van der Waals surface area contributed by atoms with E-state index in [1.807, 2.05) is 0 Å². The number of ether oxygens (including phenoxy) is 1. The minimum absolute atomic E-state index is 0. The Kier molecular flexibility index (Phi) is 9.03. The van der Waals surface area contributed by atoms with Crippen LogP contribution in [0.25, 0.3) is 0 Å². The summed E-state index contributed by atoms with van der Waals surface area (Å²) in [5.41, 5.74) is 6.48. The first-order valence-electron chi connectivity index (χ1n) is 8.15. The second-order valence-electron chi connectivity index (χ2n) is 6.05. The van der Waals surface area contributed by atoms with Crippen molar-refractivity contribution in [2.75, 3.05) is 19.0 Å². The fourth-order valence-corrected chi connectivity index (χ4v) is 3.11. The molecule has 1 saturated carbocycles. The largest absolute Gasteiger partial charge is 0.495 e. The SMILES string of the molecule is COc1ccc(Cl)cc1NC(=O)CCNC(=O)C[C@@H]1CCC[C@H]1N.Cl. The highest BCUT2D eigenvalue weighted by atomic mass is 35.5. The van der Waals surface area contributed by atoms with Gasteiger partial charge in [0.05, 0.1) is 12.8 Å². The monoisotopic (exact) mass is 389 g/mol. The maximum absolute atomic E-state index is 12.0. The number of rotatable bonds is 7. The van der Waals surface area contributed by atoms with E-state index in [9.17, 15) is 9.59 Å². The maximum Gasteiger partial charge on any atom is 0.226 e. The van der Waals surface area contributed by atoms with Crippen LogP contribution in [0, 0.1) is 5.92 Å². The zero-order valence-electron chi connectivity index (χ0n) is 14.2. The van der Waals surface area contributed by atoms with Crippen molar-refractivity contribution in [1.29, 1.82) is 0 Å². The zero-order valence-corrected chi connectivity index (χ0v) is 15.8. The van der Waals surface area contributed by atoms with Crippen LogP contribution in [0.15, 0.2) is 18.2 Å². The summed E-state index contributed by atoms with van der Waals surface area (Å²) in [6.45, 7) is 0.287. The zero-order chi connectivity index (χ0) is 17.5. The molecule has 140 valence electrons. The Balaban J connectivity index is 0.00000312. The normalized spacial score (nSPS) is 19.0. The summed E-state index contributed by atoms with van der Waals surface area (Å²) in [6, 6.07) is 5.11. The molecule has 0 bridgehead atoms. The van der Waals surface area contributed by atoms with Crippen LogP contribution < -0.4 is 21.1 Å². The predicted octanol–water partition coefficient (Wildman–Crippen LogP) is 2.73. The molecule has 1 aliphatic rings. The molecule has 0 aliphatic heterocycles. The van der Waals surface area contributed by atoms with E-state index in [0.29, 0.717) is 22.9 Å². The van der Waals surface area contributed by atoms with Crippen molar-refractivity contribution < 1.29 is 14.3 Å². The summed E-state index contributed by atoms with van der Waals surface area (Å²) in [7, 11) is 1.52. The van der Waals surface area contributed by atoms with Crippen LogP contribution >= 0.6 is 24.0 Å². The van der Waals surface area contributed by atoms with E-state index >= 15 is 0 Å².